The molecule has 0 aliphatic heterocycles. The van der Waals surface area contributed by atoms with Gasteiger partial charge in [0.05, 0.1) is 0 Å². The van der Waals surface area contributed by atoms with Crippen LogP contribution in [0.15, 0.2) is 42.2 Å². The number of carbonyl (C=O) groups is 1. The van der Waals surface area contributed by atoms with E-state index in [4.69, 9.17) is 0 Å². The highest BCUT2D eigenvalue weighted by atomic mass is 16.1. The van der Waals surface area contributed by atoms with Crippen LogP contribution in [0.25, 0.3) is 5.57 Å². The fourth-order valence-electron chi connectivity index (χ4n) is 1.91. The third-order valence-electron chi connectivity index (χ3n) is 2.80. The molecule has 0 saturated carbocycles. The Bertz CT molecular complexity index is 522. The lowest BCUT2D eigenvalue weighted by Gasteiger charge is -2.14. The van der Waals surface area contributed by atoms with Crippen LogP contribution < -0.4 is 0 Å². The Morgan fingerprint density at radius 3 is 1.90 bits per heavy atom. The molecular weight excluding hydrogens is 248 g/mol. The third kappa shape index (κ3) is 4.57. The number of nitrogens with zero attached hydrogens (tertiary/aromatic N) is 2. The average Bonchev–Trinajstić information content (AvgIpc) is 2.35. The van der Waals surface area contributed by atoms with E-state index in [0.717, 1.165) is 11.1 Å². The molecule has 0 N–H and O–H groups in total. The Morgan fingerprint density at radius 1 is 0.950 bits per heavy atom. The fraction of sp³-hybridized carbons (Fsp3) is 0.353. The van der Waals surface area contributed by atoms with E-state index in [0.29, 0.717) is 5.57 Å². The number of Topliss-reactive ketones (excluding diaryl/α,β-unsaturated/α-hetero) is 1. The van der Waals surface area contributed by atoms with Crippen LogP contribution in [0.1, 0.15) is 18.1 Å². The number of ketones is 1. The fourth-order valence-corrected chi connectivity index (χ4v) is 1.91. The van der Waals surface area contributed by atoms with Crippen molar-refractivity contribution in [2.75, 3.05) is 28.2 Å². The molecule has 0 unspecified atom stereocenters. The lowest BCUT2D eigenvalue weighted by molar-refractivity contribution is -0.110. The largest absolute Gasteiger partial charge is 0.383 e. The summed E-state index contributed by atoms with van der Waals surface area (Å²) in [6, 6.07) is 8.03. The molecule has 1 aromatic rings. The second-order valence-corrected chi connectivity index (χ2v) is 5.48. The molecular formula is C17H24N2O. The van der Waals surface area contributed by atoms with Gasteiger partial charge in [0.15, 0.2) is 5.78 Å². The predicted molar refractivity (Wildman–Crippen MR) is 85.3 cm³/mol. The SMILES string of the molecule is C/C(=C\N(C)C)C(=O)/C(=C/N(C)C)c1ccc(C)cc1. The summed E-state index contributed by atoms with van der Waals surface area (Å²) in [4.78, 5) is 16.4. The van der Waals surface area contributed by atoms with Gasteiger partial charge in [-0.1, -0.05) is 29.8 Å². The summed E-state index contributed by atoms with van der Waals surface area (Å²) in [5, 5.41) is 0. The molecule has 0 radical (unpaired) electrons. The number of hydrogen-bond acceptors (Lipinski definition) is 3. The molecule has 108 valence electrons. The Hall–Kier alpha value is -2.03. The topological polar surface area (TPSA) is 23.6 Å². The van der Waals surface area contributed by atoms with Gasteiger partial charge >= 0.3 is 0 Å². The summed E-state index contributed by atoms with van der Waals surface area (Å²) in [5.74, 6) is 0.0521. The maximum absolute atomic E-state index is 12.6. The minimum absolute atomic E-state index is 0.0521. The van der Waals surface area contributed by atoms with Crippen LogP contribution in [0.2, 0.25) is 0 Å². The number of carbonyl (C=O) groups excluding carboxylic acids is 1. The highest BCUT2D eigenvalue weighted by Gasteiger charge is 2.14. The molecule has 0 amide bonds. The van der Waals surface area contributed by atoms with E-state index < -0.39 is 0 Å². The first kappa shape index (κ1) is 16.0. The molecule has 20 heavy (non-hydrogen) atoms. The van der Waals surface area contributed by atoms with Crippen molar-refractivity contribution in [1.29, 1.82) is 0 Å². The predicted octanol–water partition coefficient (Wildman–Crippen LogP) is 2.93. The Morgan fingerprint density at radius 2 is 1.45 bits per heavy atom. The van der Waals surface area contributed by atoms with E-state index in [9.17, 15) is 4.79 Å². The van der Waals surface area contributed by atoms with E-state index >= 15 is 0 Å². The highest BCUT2D eigenvalue weighted by Crippen LogP contribution is 2.20. The van der Waals surface area contributed by atoms with Crippen LogP contribution in [-0.4, -0.2) is 43.8 Å². The first-order valence-corrected chi connectivity index (χ1v) is 6.66. The van der Waals surface area contributed by atoms with E-state index in [1.54, 1.807) is 0 Å². The second kappa shape index (κ2) is 6.94. The van der Waals surface area contributed by atoms with Gasteiger partial charge in [0, 0.05) is 51.7 Å². The van der Waals surface area contributed by atoms with Gasteiger partial charge in [0.25, 0.3) is 0 Å². The van der Waals surface area contributed by atoms with Gasteiger partial charge in [-0.25, -0.2) is 0 Å². The number of rotatable bonds is 5. The van der Waals surface area contributed by atoms with Crippen molar-refractivity contribution in [3.05, 3.63) is 53.4 Å². The summed E-state index contributed by atoms with van der Waals surface area (Å²) < 4.78 is 0. The quantitative estimate of drug-likeness (QED) is 0.770. The first-order valence-electron chi connectivity index (χ1n) is 6.66. The molecule has 0 atom stereocenters. The standard InChI is InChI=1S/C17H24N2O/c1-13-7-9-15(10-8-13)16(12-19(5)6)17(20)14(2)11-18(3)4/h7-12H,1-6H3/b14-11+,16-12+. The summed E-state index contributed by atoms with van der Waals surface area (Å²) in [6.07, 6.45) is 3.72. The van der Waals surface area contributed by atoms with Crippen LogP contribution in [0.3, 0.4) is 0 Å². The minimum Gasteiger partial charge on any atom is -0.383 e. The molecule has 1 aromatic carbocycles. The van der Waals surface area contributed by atoms with Crippen LogP contribution in [-0.2, 0) is 4.79 Å². The van der Waals surface area contributed by atoms with Gasteiger partial charge in [0.1, 0.15) is 0 Å². The lowest BCUT2D eigenvalue weighted by atomic mass is 9.97. The van der Waals surface area contributed by atoms with Gasteiger partial charge in [0.2, 0.25) is 0 Å². The average molecular weight is 272 g/mol. The maximum Gasteiger partial charge on any atom is 0.192 e. The number of allylic oxidation sites excluding steroid dienone is 2. The van der Waals surface area contributed by atoms with Crippen LogP contribution >= 0.6 is 0 Å². The van der Waals surface area contributed by atoms with Crippen molar-refractivity contribution >= 4 is 11.4 Å². The first-order chi connectivity index (χ1) is 9.31. The van der Waals surface area contributed by atoms with E-state index in [-0.39, 0.29) is 5.78 Å². The second-order valence-electron chi connectivity index (χ2n) is 5.48. The van der Waals surface area contributed by atoms with E-state index in [2.05, 4.69) is 0 Å². The molecule has 0 aromatic heterocycles. The number of aryl methyl sites for hydroxylation is 1. The highest BCUT2D eigenvalue weighted by molar-refractivity contribution is 6.28. The van der Waals surface area contributed by atoms with E-state index in [1.165, 1.54) is 5.56 Å². The summed E-state index contributed by atoms with van der Waals surface area (Å²) in [6.45, 7) is 3.89. The van der Waals surface area contributed by atoms with Gasteiger partial charge in [-0.15, -0.1) is 0 Å². The molecule has 0 fully saturated rings. The Balaban J connectivity index is 3.21. The molecule has 0 bridgehead atoms. The van der Waals surface area contributed by atoms with Crippen LogP contribution in [0, 0.1) is 6.92 Å². The summed E-state index contributed by atoms with van der Waals surface area (Å²) in [7, 11) is 7.68. The van der Waals surface area contributed by atoms with Crippen molar-refractivity contribution in [1.82, 2.24) is 9.80 Å². The van der Waals surface area contributed by atoms with Gasteiger partial charge in [-0.3, -0.25) is 4.79 Å². The molecule has 3 nitrogen and oxygen atoms in total. The Kier molecular flexibility index (Phi) is 5.56. The molecule has 3 heteroatoms. The number of benzene rings is 1. The lowest BCUT2D eigenvalue weighted by Crippen LogP contribution is -2.12. The molecule has 0 saturated heterocycles. The monoisotopic (exact) mass is 272 g/mol. The molecule has 0 aliphatic carbocycles. The normalized spacial score (nSPS) is 12.3. The zero-order valence-electron chi connectivity index (χ0n) is 13.3. The van der Waals surface area contributed by atoms with Crippen LogP contribution in [0.4, 0.5) is 0 Å². The van der Waals surface area contributed by atoms with Crippen molar-refractivity contribution in [3.63, 3.8) is 0 Å². The summed E-state index contributed by atoms with van der Waals surface area (Å²) >= 11 is 0. The summed E-state index contributed by atoms with van der Waals surface area (Å²) in [5.41, 5.74) is 3.57. The molecule has 0 spiro atoms. The Labute approximate surface area is 122 Å². The van der Waals surface area contributed by atoms with Crippen molar-refractivity contribution in [2.24, 2.45) is 0 Å². The van der Waals surface area contributed by atoms with Crippen molar-refractivity contribution in [3.8, 4) is 0 Å². The van der Waals surface area contributed by atoms with Crippen LogP contribution in [0.5, 0.6) is 0 Å². The minimum atomic E-state index is 0.0521. The van der Waals surface area contributed by atoms with E-state index in [1.807, 2.05) is 88.5 Å². The van der Waals surface area contributed by atoms with Crippen molar-refractivity contribution in [2.45, 2.75) is 13.8 Å². The number of hydrogen-bond donors (Lipinski definition) is 0. The third-order valence-corrected chi connectivity index (χ3v) is 2.80. The zero-order chi connectivity index (χ0) is 15.3. The van der Waals surface area contributed by atoms with Gasteiger partial charge in [-0.05, 0) is 19.4 Å². The zero-order valence-corrected chi connectivity index (χ0v) is 13.3. The molecule has 0 heterocycles. The van der Waals surface area contributed by atoms with Crippen molar-refractivity contribution < 1.29 is 4.79 Å². The van der Waals surface area contributed by atoms with Gasteiger partial charge < -0.3 is 9.80 Å². The maximum atomic E-state index is 12.6. The molecule has 1 rings (SSSR count). The van der Waals surface area contributed by atoms with Gasteiger partial charge in [-0.2, -0.15) is 0 Å². The molecule has 0 aliphatic rings. The smallest absolute Gasteiger partial charge is 0.192 e.